The third kappa shape index (κ3) is 3.73. The Kier molecular flexibility index (Phi) is 4.97. The summed E-state index contributed by atoms with van der Waals surface area (Å²) in [5.74, 6) is 0. The molecule has 0 aromatic heterocycles. The van der Waals surface area contributed by atoms with Crippen LogP contribution in [0.4, 0.5) is 0 Å². The van der Waals surface area contributed by atoms with Crippen LogP contribution in [0.1, 0.15) is 12.0 Å². The van der Waals surface area contributed by atoms with E-state index in [2.05, 4.69) is 6.58 Å². The van der Waals surface area contributed by atoms with Gasteiger partial charge in [-0.3, -0.25) is 0 Å². The molecule has 0 amide bonds. The second-order valence-electron chi connectivity index (χ2n) is 3.15. The molecule has 1 rings (SSSR count). The van der Waals surface area contributed by atoms with E-state index in [-0.39, 0.29) is 6.10 Å². The Hall–Kier alpha value is -1.12. The standard InChI is InChI=1S/C12H17NO/c1-2-12(8-9-13)14-10-11-6-4-3-5-7-11/h2-7,12H,1,8-10,13H2. The third-order valence-corrected chi connectivity index (χ3v) is 2.02. The fourth-order valence-corrected chi connectivity index (χ4v) is 1.21. The topological polar surface area (TPSA) is 35.2 Å². The molecule has 0 aliphatic carbocycles. The summed E-state index contributed by atoms with van der Waals surface area (Å²) in [7, 11) is 0. The molecule has 1 atom stereocenters. The average molecular weight is 191 g/mol. The lowest BCUT2D eigenvalue weighted by atomic mass is 10.2. The van der Waals surface area contributed by atoms with Crippen molar-refractivity contribution in [2.24, 2.45) is 5.73 Å². The van der Waals surface area contributed by atoms with Crippen LogP contribution in [-0.2, 0) is 11.3 Å². The number of benzene rings is 1. The molecule has 14 heavy (non-hydrogen) atoms. The van der Waals surface area contributed by atoms with E-state index in [0.29, 0.717) is 13.2 Å². The number of rotatable bonds is 6. The Morgan fingerprint density at radius 2 is 2.07 bits per heavy atom. The van der Waals surface area contributed by atoms with E-state index in [1.807, 2.05) is 30.3 Å². The Morgan fingerprint density at radius 1 is 1.36 bits per heavy atom. The molecule has 0 aliphatic heterocycles. The van der Waals surface area contributed by atoms with Crippen LogP contribution in [0.2, 0.25) is 0 Å². The van der Waals surface area contributed by atoms with Gasteiger partial charge >= 0.3 is 0 Å². The second kappa shape index (κ2) is 6.35. The van der Waals surface area contributed by atoms with Crippen molar-refractivity contribution < 1.29 is 4.74 Å². The summed E-state index contributed by atoms with van der Waals surface area (Å²) < 4.78 is 5.62. The Morgan fingerprint density at radius 3 is 2.64 bits per heavy atom. The average Bonchev–Trinajstić information content (AvgIpc) is 2.25. The van der Waals surface area contributed by atoms with Gasteiger partial charge in [-0.1, -0.05) is 36.4 Å². The van der Waals surface area contributed by atoms with Crippen LogP contribution >= 0.6 is 0 Å². The van der Waals surface area contributed by atoms with E-state index in [4.69, 9.17) is 10.5 Å². The van der Waals surface area contributed by atoms with Crippen molar-refractivity contribution in [2.45, 2.75) is 19.1 Å². The van der Waals surface area contributed by atoms with E-state index in [0.717, 1.165) is 6.42 Å². The highest BCUT2D eigenvalue weighted by Crippen LogP contribution is 2.05. The van der Waals surface area contributed by atoms with Crippen LogP contribution in [0.3, 0.4) is 0 Å². The number of nitrogens with two attached hydrogens (primary N) is 1. The van der Waals surface area contributed by atoms with Gasteiger partial charge in [0.2, 0.25) is 0 Å². The predicted molar refractivity (Wildman–Crippen MR) is 58.9 cm³/mol. The second-order valence-corrected chi connectivity index (χ2v) is 3.15. The first-order chi connectivity index (χ1) is 6.86. The summed E-state index contributed by atoms with van der Waals surface area (Å²) in [5.41, 5.74) is 6.62. The monoisotopic (exact) mass is 191 g/mol. The van der Waals surface area contributed by atoms with Crippen LogP contribution in [0.25, 0.3) is 0 Å². The molecule has 0 aliphatic rings. The van der Waals surface area contributed by atoms with E-state index in [9.17, 15) is 0 Å². The van der Waals surface area contributed by atoms with Gasteiger partial charge in [-0.2, -0.15) is 0 Å². The zero-order valence-electron chi connectivity index (χ0n) is 8.36. The molecule has 0 saturated carbocycles. The molecule has 0 radical (unpaired) electrons. The normalized spacial score (nSPS) is 12.4. The molecule has 0 spiro atoms. The summed E-state index contributed by atoms with van der Waals surface area (Å²) in [6.07, 6.45) is 2.70. The van der Waals surface area contributed by atoms with E-state index in [1.54, 1.807) is 6.08 Å². The first-order valence-electron chi connectivity index (χ1n) is 4.85. The minimum atomic E-state index is 0.0696. The van der Waals surface area contributed by atoms with Gasteiger partial charge in [0.25, 0.3) is 0 Å². The highest BCUT2D eigenvalue weighted by atomic mass is 16.5. The van der Waals surface area contributed by atoms with Crippen LogP contribution in [0.5, 0.6) is 0 Å². The Balaban J connectivity index is 2.35. The van der Waals surface area contributed by atoms with Crippen molar-refractivity contribution in [1.82, 2.24) is 0 Å². The van der Waals surface area contributed by atoms with Crippen LogP contribution in [0.15, 0.2) is 43.0 Å². The summed E-state index contributed by atoms with van der Waals surface area (Å²) in [6.45, 7) is 4.96. The maximum absolute atomic E-state index is 5.62. The van der Waals surface area contributed by atoms with Crippen molar-refractivity contribution in [3.05, 3.63) is 48.6 Å². The lowest BCUT2D eigenvalue weighted by molar-refractivity contribution is 0.0683. The largest absolute Gasteiger partial charge is 0.369 e. The van der Waals surface area contributed by atoms with E-state index in [1.165, 1.54) is 5.56 Å². The van der Waals surface area contributed by atoms with Gasteiger partial charge in [0.1, 0.15) is 0 Å². The SMILES string of the molecule is C=CC(CCN)OCc1ccccc1. The summed E-state index contributed by atoms with van der Waals surface area (Å²) in [5, 5.41) is 0. The molecule has 2 nitrogen and oxygen atoms in total. The molecule has 0 fully saturated rings. The van der Waals surface area contributed by atoms with Crippen molar-refractivity contribution >= 4 is 0 Å². The molecule has 0 bridgehead atoms. The fraction of sp³-hybridized carbons (Fsp3) is 0.333. The van der Waals surface area contributed by atoms with Crippen molar-refractivity contribution in [2.75, 3.05) is 6.54 Å². The zero-order valence-corrected chi connectivity index (χ0v) is 8.36. The van der Waals surface area contributed by atoms with Crippen LogP contribution < -0.4 is 5.73 Å². The maximum atomic E-state index is 5.62. The molecule has 0 heterocycles. The minimum Gasteiger partial charge on any atom is -0.369 e. The molecule has 1 aromatic rings. The number of hydrogen-bond acceptors (Lipinski definition) is 2. The lowest BCUT2D eigenvalue weighted by Crippen LogP contribution is -2.15. The van der Waals surface area contributed by atoms with Gasteiger partial charge in [-0.25, -0.2) is 0 Å². The van der Waals surface area contributed by atoms with E-state index < -0.39 is 0 Å². The predicted octanol–water partition coefficient (Wildman–Crippen LogP) is 2.11. The third-order valence-electron chi connectivity index (χ3n) is 2.02. The molecule has 2 N–H and O–H groups in total. The molecule has 1 aromatic carbocycles. The highest BCUT2D eigenvalue weighted by molar-refractivity contribution is 5.13. The lowest BCUT2D eigenvalue weighted by Gasteiger charge is -2.12. The number of ether oxygens (including phenoxy) is 1. The molecular weight excluding hydrogens is 174 g/mol. The molecule has 76 valence electrons. The smallest absolute Gasteiger partial charge is 0.0769 e. The maximum Gasteiger partial charge on any atom is 0.0769 e. The minimum absolute atomic E-state index is 0.0696. The van der Waals surface area contributed by atoms with Gasteiger partial charge in [0.05, 0.1) is 12.7 Å². The molecule has 2 heteroatoms. The van der Waals surface area contributed by atoms with Crippen LogP contribution in [-0.4, -0.2) is 12.6 Å². The van der Waals surface area contributed by atoms with Crippen molar-refractivity contribution in [1.29, 1.82) is 0 Å². The van der Waals surface area contributed by atoms with Gasteiger partial charge in [-0.15, -0.1) is 6.58 Å². The summed E-state index contributed by atoms with van der Waals surface area (Å²) in [6, 6.07) is 10.1. The zero-order chi connectivity index (χ0) is 10.2. The van der Waals surface area contributed by atoms with Gasteiger partial charge in [0, 0.05) is 0 Å². The summed E-state index contributed by atoms with van der Waals surface area (Å²) >= 11 is 0. The van der Waals surface area contributed by atoms with Crippen LogP contribution in [0, 0.1) is 0 Å². The van der Waals surface area contributed by atoms with Gasteiger partial charge in [0.15, 0.2) is 0 Å². The van der Waals surface area contributed by atoms with Gasteiger partial charge < -0.3 is 10.5 Å². The summed E-state index contributed by atoms with van der Waals surface area (Å²) in [4.78, 5) is 0. The van der Waals surface area contributed by atoms with Gasteiger partial charge in [-0.05, 0) is 18.5 Å². The Labute approximate surface area is 85.4 Å². The number of hydrogen-bond donors (Lipinski definition) is 1. The highest BCUT2D eigenvalue weighted by Gasteiger charge is 2.02. The van der Waals surface area contributed by atoms with E-state index >= 15 is 0 Å². The Bertz CT molecular complexity index is 258. The molecule has 1 unspecified atom stereocenters. The quantitative estimate of drug-likeness (QED) is 0.699. The van der Waals surface area contributed by atoms with Crippen molar-refractivity contribution in [3.8, 4) is 0 Å². The first-order valence-corrected chi connectivity index (χ1v) is 4.85. The fourth-order valence-electron chi connectivity index (χ4n) is 1.21. The molecular formula is C12H17NO. The van der Waals surface area contributed by atoms with Crippen molar-refractivity contribution in [3.63, 3.8) is 0 Å². The first kappa shape index (κ1) is 11.0. The molecule has 0 saturated heterocycles.